The Hall–Kier alpha value is -0.570. The maximum absolute atomic E-state index is 11.9. The third kappa shape index (κ3) is 4.65. The Morgan fingerprint density at radius 2 is 2.00 bits per heavy atom. The Balaban J connectivity index is 2.35. The maximum atomic E-state index is 11.9. The molecule has 0 unspecified atom stereocenters. The second-order valence-electron chi connectivity index (χ2n) is 5.22. The van der Waals surface area contributed by atoms with Crippen LogP contribution in [-0.4, -0.2) is 35.6 Å². The van der Waals surface area contributed by atoms with Crippen molar-refractivity contribution in [2.24, 2.45) is 0 Å². The van der Waals surface area contributed by atoms with Crippen molar-refractivity contribution in [2.45, 2.75) is 58.6 Å². The standard InChI is InChI=1S/C12H23NO2/c1-5-8-13(10-6-7-10)11(14)9-15-12(2,3)4/h10H,5-9H2,1-4H3. The number of nitrogens with zero attached hydrogens (tertiary/aromatic N) is 1. The van der Waals surface area contributed by atoms with E-state index in [2.05, 4.69) is 6.92 Å². The van der Waals surface area contributed by atoms with Gasteiger partial charge in [0.25, 0.3) is 0 Å². The molecule has 1 aliphatic rings. The lowest BCUT2D eigenvalue weighted by Gasteiger charge is -2.25. The first-order valence-electron chi connectivity index (χ1n) is 5.87. The summed E-state index contributed by atoms with van der Waals surface area (Å²) in [5.41, 5.74) is -0.225. The second kappa shape index (κ2) is 4.97. The molecule has 3 nitrogen and oxygen atoms in total. The van der Waals surface area contributed by atoms with E-state index in [0.29, 0.717) is 6.04 Å². The van der Waals surface area contributed by atoms with Crippen LogP contribution in [0.1, 0.15) is 47.0 Å². The average Bonchev–Trinajstić information content (AvgIpc) is 2.92. The van der Waals surface area contributed by atoms with Crippen LogP contribution in [0.15, 0.2) is 0 Å². The first kappa shape index (κ1) is 12.5. The van der Waals surface area contributed by atoms with Crippen molar-refractivity contribution in [2.75, 3.05) is 13.2 Å². The Bertz CT molecular complexity index is 216. The summed E-state index contributed by atoms with van der Waals surface area (Å²) < 4.78 is 5.51. The molecule has 0 aromatic heterocycles. The van der Waals surface area contributed by atoms with Gasteiger partial charge in [0, 0.05) is 12.6 Å². The molecule has 0 radical (unpaired) electrons. The molecule has 0 N–H and O–H groups in total. The van der Waals surface area contributed by atoms with Gasteiger partial charge in [-0.3, -0.25) is 4.79 Å². The van der Waals surface area contributed by atoms with Gasteiger partial charge in [0.05, 0.1) is 5.60 Å². The van der Waals surface area contributed by atoms with Gasteiger partial charge in [-0.15, -0.1) is 0 Å². The summed E-state index contributed by atoms with van der Waals surface area (Å²) in [6, 6.07) is 0.501. The van der Waals surface area contributed by atoms with E-state index in [9.17, 15) is 4.79 Å². The highest BCUT2D eigenvalue weighted by atomic mass is 16.5. The normalized spacial score (nSPS) is 16.5. The summed E-state index contributed by atoms with van der Waals surface area (Å²) in [6.07, 6.45) is 3.36. The molecule has 3 heteroatoms. The summed E-state index contributed by atoms with van der Waals surface area (Å²) in [5.74, 6) is 0.147. The number of ether oxygens (including phenoxy) is 1. The molecule has 0 aromatic carbocycles. The van der Waals surface area contributed by atoms with E-state index in [1.807, 2.05) is 25.7 Å². The predicted octanol–water partition coefficient (Wildman–Crippen LogP) is 2.20. The van der Waals surface area contributed by atoms with Crippen LogP contribution < -0.4 is 0 Å². The first-order valence-corrected chi connectivity index (χ1v) is 5.87. The zero-order valence-corrected chi connectivity index (χ0v) is 10.4. The highest BCUT2D eigenvalue weighted by Crippen LogP contribution is 2.27. The van der Waals surface area contributed by atoms with Crippen LogP contribution in [0.4, 0.5) is 0 Å². The molecule has 1 fully saturated rings. The van der Waals surface area contributed by atoms with Gasteiger partial charge in [-0.2, -0.15) is 0 Å². The number of carbonyl (C=O) groups is 1. The van der Waals surface area contributed by atoms with Gasteiger partial charge in [0.15, 0.2) is 0 Å². The fourth-order valence-electron chi connectivity index (χ4n) is 1.50. The van der Waals surface area contributed by atoms with E-state index >= 15 is 0 Å². The molecule has 1 saturated carbocycles. The van der Waals surface area contributed by atoms with Crippen molar-refractivity contribution in [1.29, 1.82) is 0 Å². The zero-order valence-electron chi connectivity index (χ0n) is 10.4. The van der Waals surface area contributed by atoms with Crippen molar-refractivity contribution < 1.29 is 9.53 Å². The predicted molar refractivity (Wildman–Crippen MR) is 60.7 cm³/mol. The van der Waals surface area contributed by atoms with E-state index < -0.39 is 0 Å². The molecule has 0 saturated heterocycles. The molecule has 0 atom stereocenters. The van der Waals surface area contributed by atoms with Crippen LogP contribution in [0.3, 0.4) is 0 Å². The highest BCUT2D eigenvalue weighted by molar-refractivity contribution is 5.78. The quantitative estimate of drug-likeness (QED) is 0.700. The van der Waals surface area contributed by atoms with Crippen LogP contribution in [-0.2, 0) is 9.53 Å². The molecule has 0 heterocycles. The third-order valence-electron chi connectivity index (χ3n) is 2.40. The Labute approximate surface area is 92.8 Å². The monoisotopic (exact) mass is 213 g/mol. The fourth-order valence-corrected chi connectivity index (χ4v) is 1.50. The molecule has 0 aromatic rings. The third-order valence-corrected chi connectivity index (χ3v) is 2.40. The van der Waals surface area contributed by atoms with E-state index in [1.54, 1.807) is 0 Å². The van der Waals surface area contributed by atoms with Crippen LogP contribution in [0.5, 0.6) is 0 Å². The number of hydrogen-bond acceptors (Lipinski definition) is 2. The number of carbonyl (C=O) groups excluding carboxylic acids is 1. The molecule has 0 spiro atoms. The Kier molecular flexibility index (Phi) is 4.14. The zero-order chi connectivity index (χ0) is 11.5. The lowest BCUT2D eigenvalue weighted by molar-refractivity contribution is -0.141. The van der Waals surface area contributed by atoms with Crippen molar-refractivity contribution >= 4 is 5.91 Å². The van der Waals surface area contributed by atoms with Gasteiger partial charge >= 0.3 is 0 Å². The smallest absolute Gasteiger partial charge is 0.248 e. The summed E-state index contributed by atoms with van der Waals surface area (Å²) in [4.78, 5) is 13.8. The molecule has 1 amide bonds. The minimum Gasteiger partial charge on any atom is -0.366 e. The largest absolute Gasteiger partial charge is 0.366 e. The number of rotatable bonds is 5. The summed E-state index contributed by atoms with van der Waals surface area (Å²) in [5, 5.41) is 0. The molecule has 1 rings (SSSR count). The van der Waals surface area contributed by atoms with Gasteiger partial charge < -0.3 is 9.64 Å². The molecule has 88 valence electrons. The molecule has 0 bridgehead atoms. The van der Waals surface area contributed by atoms with Crippen LogP contribution in [0.25, 0.3) is 0 Å². The van der Waals surface area contributed by atoms with Crippen LogP contribution in [0.2, 0.25) is 0 Å². The molecular formula is C12H23NO2. The van der Waals surface area contributed by atoms with Crippen molar-refractivity contribution in [3.63, 3.8) is 0 Å². The van der Waals surface area contributed by atoms with E-state index in [1.165, 1.54) is 12.8 Å². The minimum atomic E-state index is -0.225. The SMILES string of the molecule is CCCN(C(=O)COC(C)(C)C)C1CC1. The van der Waals surface area contributed by atoms with E-state index in [4.69, 9.17) is 4.74 Å². The molecule has 0 aliphatic heterocycles. The Morgan fingerprint density at radius 1 is 1.40 bits per heavy atom. The van der Waals surface area contributed by atoms with E-state index in [0.717, 1.165) is 13.0 Å². The highest BCUT2D eigenvalue weighted by Gasteiger charge is 2.32. The topological polar surface area (TPSA) is 29.5 Å². The second-order valence-corrected chi connectivity index (χ2v) is 5.22. The van der Waals surface area contributed by atoms with Gasteiger partial charge in [-0.25, -0.2) is 0 Å². The van der Waals surface area contributed by atoms with Gasteiger partial charge in [-0.1, -0.05) is 6.92 Å². The lowest BCUT2D eigenvalue weighted by Crippen LogP contribution is -2.38. The first-order chi connectivity index (χ1) is 6.94. The van der Waals surface area contributed by atoms with Crippen LogP contribution in [0, 0.1) is 0 Å². The lowest BCUT2D eigenvalue weighted by atomic mass is 10.2. The van der Waals surface area contributed by atoms with Crippen molar-refractivity contribution in [3.8, 4) is 0 Å². The van der Waals surface area contributed by atoms with Gasteiger partial charge in [0.2, 0.25) is 5.91 Å². The molecule has 1 aliphatic carbocycles. The Morgan fingerprint density at radius 3 is 2.40 bits per heavy atom. The molecule has 15 heavy (non-hydrogen) atoms. The minimum absolute atomic E-state index is 0.147. The number of amides is 1. The van der Waals surface area contributed by atoms with Gasteiger partial charge in [-0.05, 0) is 40.0 Å². The fraction of sp³-hybridized carbons (Fsp3) is 0.917. The summed E-state index contributed by atoms with van der Waals surface area (Å²) in [7, 11) is 0. The maximum Gasteiger partial charge on any atom is 0.248 e. The van der Waals surface area contributed by atoms with Crippen LogP contribution >= 0.6 is 0 Å². The number of hydrogen-bond donors (Lipinski definition) is 0. The average molecular weight is 213 g/mol. The summed E-state index contributed by atoms with van der Waals surface area (Å²) in [6.45, 7) is 9.12. The van der Waals surface area contributed by atoms with Gasteiger partial charge in [0.1, 0.15) is 6.61 Å². The summed E-state index contributed by atoms with van der Waals surface area (Å²) >= 11 is 0. The van der Waals surface area contributed by atoms with Crippen molar-refractivity contribution in [1.82, 2.24) is 4.90 Å². The van der Waals surface area contributed by atoms with E-state index in [-0.39, 0.29) is 18.1 Å². The van der Waals surface area contributed by atoms with Crippen molar-refractivity contribution in [3.05, 3.63) is 0 Å². The molecular weight excluding hydrogens is 190 g/mol.